The normalized spacial score (nSPS) is 13.7. The molecule has 0 aliphatic heterocycles. The summed E-state index contributed by atoms with van der Waals surface area (Å²) in [4.78, 5) is -0.937. The van der Waals surface area contributed by atoms with Crippen molar-refractivity contribution in [1.29, 1.82) is 0 Å². The lowest BCUT2D eigenvalue weighted by molar-refractivity contribution is -0.0455. The highest BCUT2D eigenvalue weighted by Gasteiger charge is 2.54. The Labute approximate surface area is 121 Å². The first-order valence-corrected chi connectivity index (χ1v) is 8.78. The molecule has 0 saturated carbocycles. The Balaban J connectivity index is 3.41. The van der Waals surface area contributed by atoms with Gasteiger partial charge >= 0.3 is 15.5 Å². The monoisotopic (exact) mass is 371 g/mol. The molecule has 0 fully saturated rings. The SMILES string of the molecule is CS(=O)(=O)N(Sc1cccc(F)c1F)S(=O)(=O)C(F)(F)F. The van der Waals surface area contributed by atoms with Gasteiger partial charge in [-0.25, -0.2) is 25.6 Å². The molecule has 0 aliphatic rings. The maximum atomic E-state index is 13.3. The maximum absolute atomic E-state index is 13.3. The molecule has 0 saturated heterocycles. The van der Waals surface area contributed by atoms with E-state index in [1.54, 1.807) is 0 Å². The van der Waals surface area contributed by atoms with E-state index in [4.69, 9.17) is 0 Å². The molecule has 0 amide bonds. The molecule has 5 nitrogen and oxygen atoms in total. The van der Waals surface area contributed by atoms with Crippen molar-refractivity contribution in [2.24, 2.45) is 0 Å². The molecule has 1 aromatic carbocycles. The second kappa shape index (κ2) is 5.70. The van der Waals surface area contributed by atoms with E-state index in [-0.39, 0.29) is 6.26 Å². The Morgan fingerprint density at radius 2 is 1.62 bits per heavy atom. The lowest BCUT2D eigenvalue weighted by Gasteiger charge is -2.20. The third-order valence-corrected chi connectivity index (χ3v) is 7.28. The molecule has 0 heterocycles. The predicted molar refractivity (Wildman–Crippen MR) is 63.9 cm³/mol. The standard InChI is InChI=1S/C8H6F5NO4S3/c1-20(15,16)14(21(17,18)8(11,12)13)19-6-4-2-3-5(9)7(6)10/h2-4H,1H3. The van der Waals surface area contributed by atoms with E-state index in [2.05, 4.69) is 0 Å². The molecule has 0 aromatic heterocycles. The molecule has 1 rings (SSSR count). The molecule has 13 heteroatoms. The van der Waals surface area contributed by atoms with Crippen molar-refractivity contribution in [3.05, 3.63) is 29.8 Å². The van der Waals surface area contributed by atoms with Crippen LogP contribution in [0.3, 0.4) is 0 Å². The number of benzene rings is 1. The lowest BCUT2D eigenvalue weighted by Crippen LogP contribution is -2.39. The van der Waals surface area contributed by atoms with Gasteiger partial charge in [0.05, 0.1) is 11.2 Å². The second-order valence-corrected chi connectivity index (χ2v) is 8.81. The minimum atomic E-state index is -6.30. The van der Waals surface area contributed by atoms with Crippen molar-refractivity contribution in [2.45, 2.75) is 10.4 Å². The molecule has 0 unspecified atom stereocenters. The molecule has 0 aliphatic carbocycles. The number of alkyl halides is 3. The number of hydrogen-bond donors (Lipinski definition) is 0. The maximum Gasteiger partial charge on any atom is 0.513 e. The Bertz CT molecular complexity index is 744. The van der Waals surface area contributed by atoms with Crippen LogP contribution in [-0.2, 0) is 20.0 Å². The highest BCUT2D eigenvalue weighted by atomic mass is 32.3. The van der Waals surface area contributed by atoms with Crippen molar-refractivity contribution in [3.8, 4) is 0 Å². The molecular weight excluding hydrogens is 365 g/mol. The van der Waals surface area contributed by atoms with Gasteiger partial charge < -0.3 is 0 Å². The quantitative estimate of drug-likeness (QED) is 0.599. The van der Waals surface area contributed by atoms with Crippen LogP contribution in [0.2, 0.25) is 0 Å². The zero-order valence-electron chi connectivity index (χ0n) is 9.93. The topological polar surface area (TPSA) is 71.5 Å². The summed E-state index contributed by atoms with van der Waals surface area (Å²) >= 11 is -0.607. The number of rotatable bonds is 4. The van der Waals surface area contributed by atoms with Crippen LogP contribution in [0.1, 0.15) is 0 Å². The first kappa shape index (κ1) is 18.1. The van der Waals surface area contributed by atoms with Gasteiger partial charge in [-0.1, -0.05) is 6.07 Å². The zero-order chi connectivity index (χ0) is 16.6. The second-order valence-electron chi connectivity index (χ2n) is 3.52. The van der Waals surface area contributed by atoms with E-state index < -0.39 is 57.1 Å². The van der Waals surface area contributed by atoms with E-state index >= 15 is 0 Å². The Morgan fingerprint density at radius 3 is 2.05 bits per heavy atom. The first-order chi connectivity index (χ1) is 9.28. The van der Waals surface area contributed by atoms with Crippen molar-refractivity contribution >= 4 is 32.0 Å². The average Bonchev–Trinajstić information content (AvgIpc) is 2.27. The number of nitrogens with zero attached hydrogens (tertiary/aromatic N) is 1. The van der Waals surface area contributed by atoms with Gasteiger partial charge in [-0.2, -0.15) is 13.2 Å². The minimum Gasteiger partial charge on any atom is -0.211 e. The van der Waals surface area contributed by atoms with E-state index in [0.717, 1.165) is 12.1 Å². The smallest absolute Gasteiger partial charge is 0.211 e. The first-order valence-electron chi connectivity index (χ1n) is 4.72. The van der Waals surface area contributed by atoms with Crippen LogP contribution in [0.25, 0.3) is 0 Å². The van der Waals surface area contributed by atoms with Crippen molar-refractivity contribution < 1.29 is 38.8 Å². The largest absolute Gasteiger partial charge is 0.513 e. The third kappa shape index (κ3) is 3.84. The molecule has 0 bridgehead atoms. The summed E-state index contributed by atoms with van der Waals surface area (Å²) in [5.74, 6) is -3.15. The van der Waals surface area contributed by atoms with E-state index in [1.807, 2.05) is 0 Å². The predicted octanol–water partition coefficient (Wildman–Crippen LogP) is 2.08. The van der Waals surface area contributed by atoms with Crippen LogP contribution in [0.5, 0.6) is 0 Å². The van der Waals surface area contributed by atoms with E-state index in [9.17, 15) is 38.8 Å². The van der Waals surface area contributed by atoms with Gasteiger partial charge in [0.1, 0.15) is 0 Å². The summed E-state index contributed by atoms with van der Waals surface area (Å²) in [6.07, 6.45) is 0.181. The van der Waals surface area contributed by atoms with E-state index in [1.165, 1.54) is 0 Å². The van der Waals surface area contributed by atoms with Crippen LogP contribution in [0.4, 0.5) is 22.0 Å². The summed E-state index contributed by atoms with van der Waals surface area (Å²) in [5, 5.41) is 0. The van der Waals surface area contributed by atoms with Gasteiger partial charge in [0, 0.05) is 0 Å². The third-order valence-electron chi connectivity index (χ3n) is 1.85. The number of halogens is 5. The summed E-state index contributed by atoms with van der Waals surface area (Å²) < 4.78 is 107. The highest BCUT2D eigenvalue weighted by Crippen LogP contribution is 2.37. The van der Waals surface area contributed by atoms with Gasteiger partial charge in [0.25, 0.3) is 0 Å². The highest BCUT2D eigenvalue weighted by molar-refractivity contribution is 8.20. The molecular formula is C8H6F5NO4S3. The average molecular weight is 371 g/mol. The van der Waals surface area contributed by atoms with Crippen LogP contribution < -0.4 is 0 Å². The van der Waals surface area contributed by atoms with Crippen LogP contribution in [0.15, 0.2) is 23.1 Å². The van der Waals surface area contributed by atoms with Gasteiger partial charge in [-0.05, 0) is 27.2 Å². The lowest BCUT2D eigenvalue weighted by atomic mass is 10.3. The Hall–Kier alpha value is -0.920. The Morgan fingerprint density at radius 1 is 1.10 bits per heavy atom. The van der Waals surface area contributed by atoms with E-state index in [0.29, 0.717) is 6.07 Å². The van der Waals surface area contributed by atoms with Crippen LogP contribution in [0, 0.1) is 11.6 Å². The molecule has 21 heavy (non-hydrogen) atoms. The number of hydrogen-bond acceptors (Lipinski definition) is 5. The summed E-state index contributed by atoms with van der Waals surface area (Å²) in [6.45, 7) is 0. The fraction of sp³-hybridized carbons (Fsp3) is 0.250. The molecule has 120 valence electrons. The van der Waals surface area contributed by atoms with Crippen molar-refractivity contribution in [1.82, 2.24) is 3.12 Å². The Kier molecular flexibility index (Phi) is 4.92. The van der Waals surface area contributed by atoms with Gasteiger partial charge in [0.2, 0.25) is 10.0 Å². The summed E-state index contributed by atoms with van der Waals surface area (Å²) in [6, 6.07) is 2.23. The zero-order valence-corrected chi connectivity index (χ0v) is 12.4. The van der Waals surface area contributed by atoms with Crippen molar-refractivity contribution in [2.75, 3.05) is 6.26 Å². The van der Waals surface area contributed by atoms with Gasteiger partial charge in [-0.3, -0.25) is 0 Å². The molecule has 0 N–H and O–H groups in total. The summed E-state index contributed by atoms with van der Waals surface area (Å²) in [5.41, 5.74) is -5.92. The van der Waals surface area contributed by atoms with Crippen LogP contribution >= 0.6 is 11.9 Å². The fourth-order valence-corrected chi connectivity index (χ4v) is 5.01. The van der Waals surface area contributed by atoms with Crippen LogP contribution in [-0.4, -0.2) is 31.7 Å². The number of sulfonamides is 2. The molecule has 1 aromatic rings. The van der Waals surface area contributed by atoms with Gasteiger partial charge in [-0.15, -0.1) is 0 Å². The fourth-order valence-electron chi connectivity index (χ4n) is 1.01. The van der Waals surface area contributed by atoms with Crippen molar-refractivity contribution in [3.63, 3.8) is 0 Å². The minimum absolute atomic E-state index is 0.181. The molecule has 0 radical (unpaired) electrons. The molecule has 0 spiro atoms. The summed E-state index contributed by atoms with van der Waals surface area (Å²) in [7, 11) is -11.2. The molecule has 0 atom stereocenters. The van der Waals surface area contributed by atoms with Gasteiger partial charge in [0.15, 0.2) is 11.6 Å².